The van der Waals surface area contributed by atoms with Gasteiger partial charge in [0.05, 0.1) is 12.6 Å². The van der Waals surface area contributed by atoms with E-state index in [2.05, 4.69) is 49.9 Å². The van der Waals surface area contributed by atoms with Crippen molar-refractivity contribution in [1.29, 1.82) is 0 Å². The fraction of sp³-hybridized carbons (Fsp3) is 0.385. The van der Waals surface area contributed by atoms with E-state index < -0.39 is 0 Å². The van der Waals surface area contributed by atoms with Crippen LogP contribution in [-0.4, -0.2) is 11.7 Å². The van der Waals surface area contributed by atoms with E-state index in [4.69, 9.17) is 4.74 Å². The van der Waals surface area contributed by atoms with Gasteiger partial charge in [-0.1, -0.05) is 13.8 Å². The Labute approximate surface area is 90.5 Å². The molecule has 1 heterocycles. The van der Waals surface area contributed by atoms with Crippen molar-refractivity contribution in [2.75, 3.05) is 7.11 Å². The lowest BCUT2D eigenvalue weighted by molar-refractivity contribution is 0.414. The molecule has 15 heavy (non-hydrogen) atoms. The lowest BCUT2D eigenvalue weighted by Gasteiger charge is -2.11. The van der Waals surface area contributed by atoms with Gasteiger partial charge >= 0.3 is 0 Å². The highest BCUT2D eigenvalue weighted by atomic mass is 16.5. The minimum Gasteiger partial charge on any atom is -0.497 e. The zero-order chi connectivity index (χ0) is 11.0. The molecule has 2 aromatic rings. The van der Waals surface area contributed by atoms with Crippen molar-refractivity contribution in [3.8, 4) is 5.75 Å². The van der Waals surface area contributed by atoms with Crippen LogP contribution in [0.3, 0.4) is 0 Å². The maximum Gasteiger partial charge on any atom is 0.119 e. The molecule has 0 aliphatic heterocycles. The van der Waals surface area contributed by atoms with Gasteiger partial charge in [-0.15, -0.1) is 0 Å². The monoisotopic (exact) mass is 203 g/mol. The third-order valence-electron chi connectivity index (χ3n) is 2.83. The van der Waals surface area contributed by atoms with Crippen LogP contribution in [0, 0.1) is 0 Å². The lowest BCUT2D eigenvalue weighted by atomic mass is 10.0. The molecule has 0 saturated carbocycles. The van der Waals surface area contributed by atoms with E-state index in [1.54, 1.807) is 7.11 Å². The number of nitrogens with zero attached hydrogens (tertiary/aromatic N) is 1. The van der Waals surface area contributed by atoms with E-state index in [-0.39, 0.29) is 0 Å². The van der Waals surface area contributed by atoms with E-state index in [9.17, 15) is 0 Å². The number of aryl methyl sites for hydroxylation is 1. The summed E-state index contributed by atoms with van der Waals surface area (Å²) in [6.45, 7) is 4.42. The zero-order valence-electron chi connectivity index (χ0n) is 9.74. The fourth-order valence-electron chi connectivity index (χ4n) is 2.01. The third kappa shape index (κ3) is 1.60. The number of aromatic nitrogens is 1. The molecule has 0 saturated heterocycles. The molecule has 0 spiro atoms. The molecule has 1 aromatic heterocycles. The first-order valence-corrected chi connectivity index (χ1v) is 5.26. The molecule has 2 rings (SSSR count). The standard InChI is InChI=1S/C13H17NO/c1-9(2)12-8-11(15-4)7-10-5-6-14(3)13(10)12/h5-9H,1-4H3. The minimum atomic E-state index is 0.510. The predicted molar refractivity (Wildman–Crippen MR) is 63.6 cm³/mol. The Balaban J connectivity index is 2.77. The second-order valence-electron chi connectivity index (χ2n) is 4.24. The van der Waals surface area contributed by atoms with Gasteiger partial charge in [-0.05, 0) is 29.7 Å². The summed E-state index contributed by atoms with van der Waals surface area (Å²) in [5.41, 5.74) is 2.66. The highest BCUT2D eigenvalue weighted by molar-refractivity contribution is 5.85. The minimum absolute atomic E-state index is 0.510. The Kier molecular flexibility index (Phi) is 2.43. The van der Waals surface area contributed by atoms with Gasteiger partial charge in [0.15, 0.2) is 0 Å². The number of methoxy groups -OCH3 is 1. The topological polar surface area (TPSA) is 14.2 Å². The number of benzene rings is 1. The van der Waals surface area contributed by atoms with Gasteiger partial charge < -0.3 is 9.30 Å². The zero-order valence-corrected chi connectivity index (χ0v) is 9.74. The van der Waals surface area contributed by atoms with Crippen molar-refractivity contribution in [1.82, 2.24) is 4.57 Å². The molecule has 0 unspecified atom stereocenters. The molecular weight excluding hydrogens is 186 g/mol. The molecule has 0 fully saturated rings. The Bertz CT molecular complexity index is 482. The summed E-state index contributed by atoms with van der Waals surface area (Å²) in [7, 11) is 3.80. The van der Waals surface area contributed by atoms with Gasteiger partial charge in [0.1, 0.15) is 5.75 Å². The summed E-state index contributed by atoms with van der Waals surface area (Å²) in [4.78, 5) is 0. The van der Waals surface area contributed by atoms with Crippen molar-refractivity contribution in [2.24, 2.45) is 7.05 Å². The quantitative estimate of drug-likeness (QED) is 0.730. The molecule has 0 aliphatic rings. The summed E-state index contributed by atoms with van der Waals surface area (Å²) >= 11 is 0. The molecule has 0 bridgehead atoms. The van der Waals surface area contributed by atoms with Crippen LogP contribution in [0.4, 0.5) is 0 Å². The third-order valence-corrected chi connectivity index (χ3v) is 2.83. The number of hydrogen-bond acceptors (Lipinski definition) is 1. The Morgan fingerprint density at radius 2 is 2.00 bits per heavy atom. The lowest BCUT2D eigenvalue weighted by Crippen LogP contribution is -1.95. The number of ether oxygens (including phenoxy) is 1. The Morgan fingerprint density at radius 3 is 2.60 bits per heavy atom. The smallest absolute Gasteiger partial charge is 0.119 e. The summed E-state index contributed by atoms with van der Waals surface area (Å²) in [5, 5.41) is 1.25. The van der Waals surface area contributed by atoms with E-state index in [0.717, 1.165) is 5.75 Å². The van der Waals surface area contributed by atoms with Crippen LogP contribution in [0.5, 0.6) is 5.75 Å². The molecule has 2 nitrogen and oxygen atoms in total. The van der Waals surface area contributed by atoms with Crippen LogP contribution >= 0.6 is 0 Å². The van der Waals surface area contributed by atoms with E-state index in [0.29, 0.717) is 5.92 Å². The van der Waals surface area contributed by atoms with Crippen LogP contribution in [-0.2, 0) is 7.05 Å². The Morgan fingerprint density at radius 1 is 1.27 bits per heavy atom. The van der Waals surface area contributed by atoms with Crippen molar-refractivity contribution < 1.29 is 4.74 Å². The first-order valence-electron chi connectivity index (χ1n) is 5.26. The van der Waals surface area contributed by atoms with Crippen molar-refractivity contribution in [3.05, 3.63) is 30.0 Å². The summed E-state index contributed by atoms with van der Waals surface area (Å²) in [5.74, 6) is 1.45. The van der Waals surface area contributed by atoms with E-state index in [1.807, 2.05) is 0 Å². The molecule has 80 valence electrons. The molecule has 0 amide bonds. The maximum absolute atomic E-state index is 5.31. The van der Waals surface area contributed by atoms with Crippen LogP contribution < -0.4 is 4.74 Å². The summed E-state index contributed by atoms with van der Waals surface area (Å²) in [6.07, 6.45) is 2.09. The second-order valence-corrected chi connectivity index (χ2v) is 4.24. The highest BCUT2D eigenvalue weighted by Crippen LogP contribution is 2.30. The van der Waals surface area contributed by atoms with Gasteiger partial charge in [-0.25, -0.2) is 0 Å². The first kappa shape index (κ1) is 10.1. The van der Waals surface area contributed by atoms with Crippen molar-refractivity contribution in [3.63, 3.8) is 0 Å². The van der Waals surface area contributed by atoms with Gasteiger partial charge in [-0.2, -0.15) is 0 Å². The second kappa shape index (κ2) is 3.61. The van der Waals surface area contributed by atoms with Gasteiger partial charge in [0.25, 0.3) is 0 Å². The Hall–Kier alpha value is -1.44. The molecule has 1 aromatic carbocycles. The van der Waals surface area contributed by atoms with Crippen LogP contribution in [0.15, 0.2) is 24.4 Å². The largest absolute Gasteiger partial charge is 0.497 e. The van der Waals surface area contributed by atoms with Gasteiger partial charge in [0, 0.05) is 18.6 Å². The van der Waals surface area contributed by atoms with Crippen molar-refractivity contribution in [2.45, 2.75) is 19.8 Å². The molecule has 0 atom stereocenters. The summed E-state index contributed by atoms with van der Waals surface area (Å²) in [6, 6.07) is 6.35. The number of hydrogen-bond donors (Lipinski definition) is 0. The van der Waals surface area contributed by atoms with Gasteiger partial charge in [0.2, 0.25) is 0 Å². The average molecular weight is 203 g/mol. The average Bonchev–Trinajstić information content (AvgIpc) is 2.59. The number of fused-ring (bicyclic) bond motifs is 1. The molecule has 0 aliphatic carbocycles. The van der Waals surface area contributed by atoms with E-state index in [1.165, 1.54) is 16.5 Å². The molecule has 2 heteroatoms. The number of rotatable bonds is 2. The normalized spacial score (nSPS) is 11.3. The maximum atomic E-state index is 5.31. The first-order chi connectivity index (χ1) is 7.13. The molecule has 0 radical (unpaired) electrons. The van der Waals surface area contributed by atoms with Gasteiger partial charge in [-0.3, -0.25) is 0 Å². The highest BCUT2D eigenvalue weighted by Gasteiger charge is 2.10. The van der Waals surface area contributed by atoms with Crippen molar-refractivity contribution >= 4 is 10.9 Å². The van der Waals surface area contributed by atoms with E-state index >= 15 is 0 Å². The predicted octanol–water partition coefficient (Wildman–Crippen LogP) is 3.31. The van der Waals surface area contributed by atoms with Crippen LogP contribution in [0.25, 0.3) is 10.9 Å². The molecule has 0 N–H and O–H groups in total. The van der Waals surface area contributed by atoms with Crippen LogP contribution in [0.2, 0.25) is 0 Å². The molecular formula is C13H17NO. The SMILES string of the molecule is COc1cc(C(C)C)c2c(ccn2C)c1. The summed E-state index contributed by atoms with van der Waals surface area (Å²) < 4.78 is 7.48. The van der Waals surface area contributed by atoms with Crippen LogP contribution in [0.1, 0.15) is 25.3 Å². The fourth-order valence-corrected chi connectivity index (χ4v) is 2.01.